The molecule has 1 heterocycles. The summed E-state index contributed by atoms with van der Waals surface area (Å²) < 4.78 is 5.51. The Morgan fingerprint density at radius 3 is 2.80 bits per heavy atom. The lowest BCUT2D eigenvalue weighted by atomic mass is 10.4. The van der Waals surface area contributed by atoms with Gasteiger partial charge in [0.15, 0.2) is 0 Å². The second-order valence-electron chi connectivity index (χ2n) is 4.19. The number of hydrogen-bond acceptors (Lipinski definition) is 5. The second kappa shape index (κ2) is 8.94. The van der Waals surface area contributed by atoms with Crippen molar-refractivity contribution in [3.05, 3.63) is 21.3 Å². The van der Waals surface area contributed by atoms with E-state index in [4.69, 9.17) is 16.3 Å². The summed E-state index contributed by atoms with van der Waals surface area (Å²) in [4.78, 5) is 25.6. The average Bonchev–Trinajstić information content (AvgIpc) is 2.80. The molecule has 1 aromatic heterocycles. The van der Waals surface area contributed by atoms with Gasteiger partial charge < -0.3 is 15.0 Å². The van der Waals surface area contributed by atoms with Crippen LogP contribution >= 0.6 is 22.9 Å². The zero-order valence-corrected chi connectivity index (χ0v) is 13.2. The molecule has 0 aliphatic carbocycles. The minimum Gasteiger partial charge on any atom is -0.466 e. The van der Waals surface area contributed by atoms with Crippen molar-refractivity contribution in [2.45, 2.75) is 19.9 Å². The quantitative estimate of drug-likeness (QED) is 0.587. The Labute approximate surface area is 127 Å². The Bertz CT molecular complexity index is 451. The SMILES string of the molecule is CCOC(=O)CCNCC(=O)N(C)Cc1ccc(Cl)s1. The smallest absolute Gasteiger partial charge is 0.307 e. The molecule has 1 rings (SSSR count). The van der Waals surface area contributed by atoms with E-state index in [1.807, 2.05) is 12.1 Å². The Morgan fingerprint density at radius 1 is 1.45 bits per heavy atom. The molecule has 0 aliphatic rings. The molecule has 0 unspecified atom stereocenters. The van der Waals surface area contributed by atoms with E-state index in [0.29, 0.717) is 24.0 Å². The van der Waals surface area contributed by atoms with Gasteiger partial charge in [0, 0.05) is 18.5 Å². The Kier molecular flexibility index (Phi) is 7.58. The molecule has 5 nitrogen and oxygen atoms in total. The molecule has 112 valence electrons. The van der Waals surface area contributed by atoms with Crippen molar-refractivity contribution in [2.75, 3.05) is 26.7 Å². The van der Waals surface area contributed by atoms with E-state index in [0.717, 1.165) is 4.88 Å². The first kappa shape index (κ1) is 16.9. The molecule has 0 saturated carbocycles. The van der Waals surface area contributed by atoms with Crippen LogP contribution in [-0.2, 0) is 20.9 Å². The summed E-state index contributed by atoms with van der Waals surface area (Å²) in [5.74, 6) is -0.285. The van der Waals surface area contributed by atoms with Crippen molar-refractivity contribution in [1.29, 1.82) is 0 Å². The number of likely N-dealkylation sites (N-methyl/N-ethyl adjacent to an activating group) is 1. The highest BCUT2D eigenvalue weighted by Gasteiger charge is 2.10. The van der Waals surface area contributed by atoms with E-state index in [1.165, 1.54) is 11.3 Å². The van der Waals surface area contributed by atoms with Crippen LogP contribution in [0.25, 0.3) is 0 Å². The molecular formula is C13H19ClN2O3S. The number of nitrogens with zero attached hydrogens (tertiary/aromatic N) is 1. The third-order valence-electron chi connectivity index (χ3n) is 2.54. The van der Waals surface area contributed by atoms with Gasteiger partial charge in [0.1, 0.15) is 0 Å². The lowest BCUT2D eigenvalue weighted by Gasteiger charge is -2.16. The van der Waals surface area contributed by atoms with Crippen molar-refractivity contribution in [3.63, 3.8) is 0 Å². The van der Waals surface area contributed by atoms with Crippen molar-refractivity contribution in [3.8, 4) is 0 Å². The van der Waals surface area contributed by atoms with Gasteiger partial charge in [-0.3, -0.25) is 9.59 Å². The maximum absolute atomic E-state index is 11.8. The van der Waals surface area contributed by atoms with Crippen molar-refractivity contribution in [2.24, 2.45) is 0 Å². The summed E-state index contributed by atoms with van der Waals surface area (Å²) in [6.45, 7) is 3.32. The number of hydrogen-bond donors (Lipinski definition) is 1. The van der Waals surface area contributed by atoms with Gasteiger partial charge in [0.25, 0.3) is 0 Å². The molecule has 0 aromatic carbocycles. The third kappa shape index (κ3) is 6.36. The highest BCUT2D eigenvalue weighted by atomic mass is 35.5. The van der Waals surface area contributed by atoms with Gasteiger partial charge in [0.2, 0.25) is 5.91 Å². The molecule has 0 fully saturated rings. The number of thiophene rings is 1. The normalized spacial score (nSPS) is 10.3. The highest BCUT2D eigenvalue weighted by Crippen LogP contribution is 2.22. The summed E-state index contributed by atoms with van der Waals surface area (Å²) >= 11 is 7.30. The van der Waals surface area contributed by atoms with Gasteiger partial charge in [-0.05, 0) is 19.1 Å². The number of amides is 1. The fraction of sp³-hybridized carbons (Fsp3) is 0.538. The van der Waals surface area contributed by atoms with E-state index < -0.39 is 0 Å². The summed E-state index contributed by atoms with van der Waals surface area (Å²) in [7, 11) is 1.74. The van der Waals surface area contributed by atoms with Crippen LogP contribution in [0.3, 0.4) is 0 Å². The number of ether oxygens (including phenoxy) is 1. The molecular weight excluding hydrogens is 300 g/mol. The van der Waals surface area contributed by atoms with Gasteiger partial charge in [-0.1, -0.05) is 11.6 Å². The van der Waals surface area contributed by atoms with Crippen LogP contribution in [-0.4, -0.2) is 43.5 Å². The highest BCUT2D eigenvalue weighted by molar-refractivity contribution is 7.16. The number of nitrogens with one attached hydrogen (secondary N) is 1. The van der Waals surface area contributed by atoms with Crippen LogP contribution in [0.2, 0.25) is 4.34 Å². The van der Waals surface area contributed by atoms with E-state index in [2.05, 4.69) is 5.32 Å². The summed E-state index contributed by atoms with van der Waals surface area (Å²) in [5.41, 5.74) is 0. The van der Waals surface area contributed by atoms with Crippen LogP contribution in [0.5, 0.6) is 0 Å². The maximum atomic E-state index is 11.8. The number of carbonyl (C=O) groups is 2. The van der Waals surface area contributed by atoms with Crippen LogP contribution < -0.4 is 5.32 Å². The minimum atomic E-state index is -0.256. The Balaban J connectivity index is 2.20. The molecule has 1 amide bonds. The van der Waals surface area contributed by atoms with Crippen LogP contribution in [0.15, 0.2) is 12.1 Å². The molecule has 0 atom stereocenters. The number of rotatable bonds is 8. The van der Waals surface area contributed by atoms with Crippen molar-refractivity contribution >= 4 is 34.8 Å². The van der Waals surface area contributed by atoms with Gasteiger partial charge in [-0.15, -0.1) is 11.3 Å². The van der Waals surface area contributed by atoms with E-state index in [1.54, 1.807) is 18.9 Å². The maximum Gasteiger partial charge on any atom is 0.307 e. The predicted octanol–water partition coefficient (Wildman–Crippen LogP) is 1.90. The van der Waals surface area contributed by atoms with E-state index in [9.17, 15) is 9.59 Å². The summed E-state index contributed by atoms with van der Waals surface area (Å²) in [5, 5.41) is 2.93. The second-order valence-corrected chi connectivity index (χ2v) is 5.99. The van der Waals surface area contributed by atoms with Crippen LogP contribution in [0, 0.1) is 0 Å². The van der Waals surface area contributed by atoms with Gasteiger partial charge in [0.05, 0.1) is 30.5 Å². The topological polar surface area (TPSA) is 58.6 Å². The average molecular weight is 319 g/mol. The first-order valence-electron chi connectivity index (χ1n) is 6.37. The molecule has 1 N–H and O–H groups in total. The monoisotopic (exact) mass is 318 g/mol. The molecule has 0 bridgehead atoms. The van der Waals surface area contributed by atoms with Crippen LogP contribution in [0.4, 0.5) is 0 Å². The van der Waals surface area contributed by atoms with Gasteiger partial charge >= 0.3 is 5.97 Å². The van der Waals surface area contributed by atoms with Crippen molar-refractivity contribution < 1.29 is 14.3 Å². The van der Waals surface area contributed by atoms with Crippen molar-refractivity contribution in [1.82, 2.24) is 10.2 Å². The minimum absolute atomic E-state index is 0.0293. The first-order chi connectivity index (χ1) is 9.52. The first-order valence-corrected chi connectivity index (χ1v) is 7.57. The lowest BCUT2D eigenvalue weighted by molar-refractivity contribution is -0.143. The fourth-order valence-corrected chi connectivity index (χ4v) is 2.65. The zero-order chi connectivity index (χ0) is 15.0. The van der Waals surface area contributed by atoms with Gasteiger partial charge in [-0.25, -0.2) is 0 Å². The molecule has 0 radical (unpaired) electrons. The molecule has 20 heavy (non-hydrogen) atoms. The standard InChI is InChI=1S/C13H19ClN2O3S/c1-3-19-13(18)6-7-15-8-12(17)16(2)9-10-4-5-11(14)20-10/h4-5,15H,3,6-9H2,1-2H3. The molecule has 1 aromatic rings. The molecule has 0 aliphatic heterocycles. The van der Waals surface area contributed by atoms with E-state index >= 15 is 0 Å². The molecule has 0 saturated heterocycles. The van der Waals surface area contributed by atoms with Gasteiger partial charge in [-0.2, -0.15) is 0 Å². The van der Waals surface area contributed by atoms with E-state index in [-0.39, 0.29) is 24.8 Å². The number of halogens is 1. The predicted molar refractivity (Wildman–Crippen MR) is 79.9 cm³/mol. The summed E-state index contributed by atoms with van der Waals surface area (Å²) in [6, 6.07) is 3.72. The molecule has 7 heteroatoms. The zero-order valence-electron chi connectivity index (χ0n) is 11.6. The Hall–Kier alpha value is -1.11. The number of carbonyl (C=O) groups excluding carboxylic acids is 2. The largest absolute Gasteiger partial charge is 0.466 e. The lowest BCUT2D eigenvalue weighted by Crippen LogP contribution is -2.35. The number of esters is 1. The van der Waals surface area contributed by atoms with Crippen LogP contribution in [0.1, 0.15) is 18.2 Å². The fourth-order valence-electron chi connectivity index (χ4n) is 1.51. The molecule has 0 spiro atoms. The summed E-state index contributed by atoms with van der Waals surface area (Å²) in [6.07, 6.45) is 0.269. The third-order valence-corrected chi connectivity index (χ3v) is 3.75. The Morgan fingerprint density at radius 2 is 2.20 bits per heavy atom.